The summed E-state index contributed by atoms with van der Waals surface area (Å²) in [6.07, 6.45) is 0. The van der Waals surface area contributed by atoms with Crippen molar-refractivity contribution in [3.05, 3.63) is 34.9 Å². The third-order valence-corrected chi connectivity index (χ3v) is 1.92. The highest BCUT2D eigenvalue weighted by atomic mass is 19.1. The van der Waals surface area contributed by atoms with Crippen LogP contribution in [0.3, 0.4) is 0 Å². The highest BCUT2D eigenvalue weighted by Crippen LogP contribution is 2.13. The van der Waals surface area contributed by atoms with E-state index in [1.807, 2.05) is 19.1 Å². The summed E-state index contributed by atoms with van der Waals surface area (Å²) in [6, 6.07) is 5.55. The van der Waals surface area contributed by atoms with Crippen LogP contribution in [0.5, 0.6) is 0 Å². The van der Waals surface area contributed by atoms with Gasteiger partial charge in [0.15, 0.2) is 0 Å². The van der Waals surface area contributed by atoms with E-state index in [4.69, 9.17) is 5.73 Å². The van der Waals surface area contributed by atoms with Gasteiger partial charge in [-0.05, 0) is 23.6 Å². The van der Waals surface area contributed by atoms with Gasteiger partial charge in [-0.15, -0.1) is 0 Å². The molecule has 1 nitrogen and oxygen atoms in total. The molecule has 0 saturated heterocycles. The molecule has 0 unspecified atom stereocenters. The van der Waals surface area contributed by atoms with Gasteiger partial charge in [0, 0.05) is 6.54 Å². The Labute approximate surface area is 66.0 Å². The first kappa shape index (κ1) is 8.21. The lowest BCUT2D eigenvalue weighted by atomic mass is 10.0. The van der Waals surface area contributed by atoms with E-state index < -0.39 is 6.67 Å². The summed E-state index contributed by atoms with van der Waals surface area (Å²) in [5, 5.41) is 0. The first-order valence-electron chi connectivity index (χ1n) is 3.63. The van der Waals surface area contributed by atoms with Crippen LogP contribution in [0.4, 0.5) is 4.39 Å². The fraction of sp³-hybridized carbons (Fsp3) is 0.333. The van der Waals surface area contributed by atoms with Crippen molar-refractivity contribution >= 4 is 0 Å². The number of nitrogens with two attached hydrogens (primary N) is 1. The Hall–Kier alpha value is -0.890. The van der Waals surface area contributed by atoms with Crippen LogP contribution in [-0.4, -0.2) is 0 Å². The standard InChI is InChI=1S/C9H12FN/c1-7-8(5-10)3-2-4-9(7)6-11/h2-4H,5-6,11H2,1H3. The summed E-state index contributed by atoms with van der Waals surface area (Å²) in [5.74, 6) is 0. The van der Waals surface area contributed by atoms with Crippen molar-refractivity contribution in [2.24, 2.45) is 5.73 Å². The van der Waals surface area contributed by atoms with E-state index in [0.717, 1.165) is 16.7 Å². The third-order valence-electron chi connectivity index (χ3n) is 1.92. The Kier molecular flexibility index (Phi) is 2.60. The fourth-order valence-electron chi connectivity index (χ4n) is 1.10. The summed E-state index contributed by atoms with van der Waals surface area (Å²) >= 11 is 0. The van der Waals surface area contributed by atoms with Gasteiger partial charge < -0.3 is 5.73 Å². The van der Waals surface area contributed by atoms with E-state index in [0.29, 0.717) is 6.54 Å². The van der Waals surface area contributed by atoms with E-state index in [2.05, 4.69) is 0 Å². The van der Waals surface area contributed by atoms with Crippen LogP contribution in [0, 0.1) is 6.92 Å². The second-order valence-electron chi connectivity index (χ2n) is 2.54. The van der Waals surface area contributed by atoms with E-state index in [-0.39, 0.29) is 0 Å². The predicted octanol–water partition coefficient (Wildman–Crippen LogP) is 1.92. The fourth-order valence-corrected chi connectivity index (χ4v) is 1.10. The SMILES string of the molecule is Cc1c(CN)cccc1CF. The molecule has 1 rings (SSSR count). The van der Waals surface area contributed by atoms with Crippen molar-refractivity contribution in [3.63, 3.8) is 0 Å². The van der Waals surface area contributed by atoms with Gasteiger partial charge in [0.1, 0.15) is 6.67 Å². The molecule has 0 aliphatic heterocycles. The molecule has 0 spiro atoms. The quantitative estimate of drug-likeness (QED) is 0.690. The Bertz CT molecular complexity index is 223. The van der Waals surface area contributed by atoms with Crippen LogP contribution in [0.1, 0.15) is 16.7 Å². The summed E-state index contributed by atoms with van der Waals surface area (Å²) < 4.78 is 12.3. The highest BCUT2D eigenvalue weighted by molar-refractivity contribution is 5.33. The van der Waals surface area contributed by atoms with Gasteiger partial charge in [-0.3, -0.25) is 0 Å². The molecule has 0 heterocycles. The molecule has 0 aromatic heterocycles. The largest absolute Gasteiger partial charge is 0.326 e. The van der Waals surface area contributed by atoms with Gasteiger partial charge in [0.05, 0.1) is 0 Å². The number of alkyl halides is 1. The Morgan fingerprint density at radius 3 is 2.55 bits per heavy atom. The van der Waals surface area contributed by atoms with Crippen molar-refractivity contribution in [1.29, 1.82) is 0 Å². The molecule has 0 saturated carbocycles. The molecule has 0 fully saturated rings. The Balaban J connectivity index is 3.10. The van der Waals surface area contributed by atoms with Crippen molar-refractivity contribution in [1.82, 2.24) is 0 Å². The zero-order valence-corrected chi connectivity index (χ0v) is 6.60. The molecule has 2 heteroatoms. The van der Waals surface area contributed by atoms with Gasteiger partial charge in [-0.1, -0.05) is 18.2 Å². The van der Waals surface area contributed by atoms with E-state index in [9.17, 15) is 4.39 Å². The lowest BCUT2D eigenvalue weighted by molar-refractivity contribution is 0.483. The molecule has 11 heavy (non-hydrogen) atoms. The van der Waals surface area contributed by atoms with E-state index in [1.54, 1.807) is 6.07 Å². The van der Waals surface area contributed by atoms with Crippen LogP contribution < -0.4 is 5.73 Å². The van der Waals surface area contributed by atoms with Crippen LogP contribution >= 0.6 is 0 Å². The average molecular weight is 153 g/mol. The van der Waals surface area contributed by atoms with E-state index >= 15 is 0 Å². The maximum atomic E-state index is 12.3. The minimum Gasteiger partial charge on any atom is -0.326 e. The number of halogens is 1. The molecular formula is C9H12FN. The van der Waals surface area contributed by atoms with Crippen molar-refractivity contribution < 1.29 is 4.39 Å². The lowest BCUT2D eigenvalue weighted by Crippen LogP contribution is -2.00. The van der Waals surface area contributed by atoms with Crippen molar-refractivity contribution in [2.75, 3.05) is 0 Å². The van der Waals surface area contributed by atoms with Gasteiger partial charge in [-0.2, -0.15) is 0 Å². The molecular weight excluding hydrogens is 141 g/mol. The van der Waals surface area contributed by atoms with Crippen LogP contribution in [-0.2, 0) is 13.2 Å². The number of benzene rings is 1. The average Bonchev–Trinajstić information content (AvgIpc) is 2.05. The summed E-state index contributed by atoms with van der Waals surface area (Å²) in [7, 11) is 0. The van der Waals surface area contributed by atoms with Gasteiger partial charge >= 0.3 is 0 Å². The molecule has 0 radical (unpaired) electrons. The minimum atomic E-state index is -0.403. The Morgan fingerprint density at radius 2 is 2.00 bits per heavy atom. The smallest absolute Gasteiger partial charge is 0.115 e. The minimum absolute atomic E-state index is 0.403. The number of rotatable bonds is 2. The lowest BCUT2D eigenvalue weighted by Gasteiger charge is -2.05. The second kappa shape index (κ2) is 3.49. The normalized spacial score (nSPS) is 10.1. The molecule has 0 amide bonds. The monoisotopic (exact) mass is 153 g/mol. The summed E-state index contributed by atoms with van der Waals surface area (Å²) in [5.41, 5.74) is 8.21. The van der Waals surface area contributed by atoms with Crippen LogP contribution in [0.15, 0.2) is 18.2 Å². The first-order valence-corrected chi connectivity index (χ1v) is 3.63. The van der Waals surface area contributed by atoms with Crippen molar-refractivity contribution in [3.8, 4) is 0 Å². The van der Waals surface area contributed by atoms with Crippen LogP contribution in [0.25, 0.3) is 0 Å². The highest BCUT2D eigenvalue weighted by Gasteiger charge is 2.00. The predicted molar refractivity (Wildman–Crippen MR) is 43.9 cm³/mol. The van der Waals surface area contributed by atoms with Crippen LogP contribution in [0.2, 0.25) is 0 Å². The summed E-state index contributed by atoms with van der Waals surface area (Å²) in [6.45, 7) is 1.98. The van der Waals surface area contributed by atoms with Crippen molar-refractivity contribution in [2.45, 2.75) is 20.1 Å². The Morgan fingerprint density at radius 1 is 1.36 bits per heavy atom. The van der Waals surface area contributed by atoms with Gasteiger partial charge in [-0.25, -0.2) is 4.39 Å². The van der Waals surface area contributed by atoms with Gasteiger partial charge in [0.2, 0.25) is 0 Å². The molecule has 0 aliphatic rings. The number of hydrogen-bond acceptors (Lipinski definition) is 1. The molecule has 60 valence electrons. The first-order chi connectivity index (χ1) is 5.29. The zero-order valence-electron chi connectivity index (χ0n) is 6.60. The molecule has 1 aromatic rings. The molecule has 0 bridgehead atoms. The molecule has 2 N–H and O–H groups in total. The maximum absolute atomic E-state index is 12.3. The third kappa shape index (κ3) is 1.57. The molecule has 1 aromatic carbocycles. The number of hydrogen-bond donors (Lipinski definition) is 1. The topological polar surface area (TPSA) is 26.0 Å². The molecule has 0 atom stereocenters. The molecule has 0 aliphatic carbocycles. The van der Waals surface area contributed by atoms with Gasteiger partial charge in [0.25, 0.3) is 0 Å². The maximum Gasteiger partial charge on any atom is 0.115 e. The zero-order chi connectivity index (χ0) is 8.27. The van der Waals surface area contributed by atoms with E-state index in [1.165, 1.54) is 0 Å². The second-order valence-corrected chi connectivity index (χ2v) is 2.54. The summed E-state index contributed by atoms with van der Waals surface area (Å²) in [4.78, 5) is 0.